The van der Waals surface area contributed by atoms with Crippen molar-refractivity contribution < 1.29 is 9.90 Å². The Balaban J connectivity index is 1.76. The summed E-state index contributed by atoms with van der Waals surface area (Å²) in [6, 6.07) is 13.4. The number of rotatable bonds is 7. The summed E-state index contributed by atoms with van der Waals surface area (Å²) in [5, 5.41) is 9.96. The zero-order valence-corrected chi connectivity index (χ0v) is 18.0. The predicted octanol–water partition coefficient (Wildman–Crippen LogP) is 5.77. The van der Waals surface area contributed by atoms with E-state index in [4.69, 9.17) is 16.7 Å². The number of halogens is 1. The summed E-state index contributed by atoms with van der Waals surface area (Å²) in [4.78, 5) is 13.4. The molecular formula is C24H30ClNO2. The summed E-state index contributed by atoms with van der Waals surface area (Å²) in [7, 11) is 0. The van der Waals surface area contributed by atoms with Crippen molar-refractivity contribution in [2.24, 2.45) is 5.92 Å². The number of hydrogen-bond donors (Lipinski definition) is 1. The molecule has 2 aromatic rings. The fraction of sp³-hybridized carbons (Fsp3) is 0.458. The number of aliphatic carboxylic acids is 1. The van der Waals surface area contributed by atoms with Gasteiger partial charge in [0.2, 0.25) is 0 Å². The standard InChI is InChI=1S/C24H30ClNO2/c1-5-19(20-8-9-23(25)16(3)10-20)11-18-7-6-15(2)22(12-18)17(4)26-13-21(14-26)24(27)28/h6-10,12,17,19,21H,5,11,13-14H2,1-4H3,(H,27,28). The number of nitrogens with zero attached hydrogens (tertiary/aromatic N) is 1. The first-order valence-corrected chi connectivity index (χ1v) is 10.5. The molecule has 0 bridgehead atoms. The summed E-state index contributed by atoms with van der Waals surface area (Å²) in [5.41, 5.74) is 6.38. The Morgan fingerprint density at radius 2 is 1.89 bits per heavy atom. The third kappa shape index (κ3) is 4.42. The first-order chi connectivity index (χ1) is 13.3. The fourth-order valence-corrected chi connectivity index (χ4v) is 4.27. The minimum absolute atomic E-state index is 0.219. The van der Waals surface area contributed by atoms with E-state index in [1.54, 1.807) is 0 Å². The highest BCUT2D eigenvalue weighted by atomic mass is 35.5. The van der Waals surface area contributed by atoms with Gasteiger partial charge in [-0.1, -0.05) is 48.9 Å². The quantitative estimate of drug-likeness (QED) is 0.642. The number of carboxylic acids is 1. The second kappa shape index (κ2) is 8.67. The van der Waals surface area contributed by atoms with Crippen LogP contribution in [0.4, 0.5) is 0 Å². The molecule has 28 heavy (non-hydrogen) atoms. The molecule has 2 aromatic carbocycles. The van der Waals surface area contributed by atoms with Gasteiger partial charge in [0.15, 0.2) is 0 Å². The lowest BCUT2D eigenvalue weighted by molar-refractivity contribution is -0.148. The van der Waals surface area contributed by atoms with E-state index in [0.29, 0.717) is 19.0 Å². The number of hydrogen-bond acceptors (Lipinski definition) is 2. The van der Waals surface area contributed by atoms with Crippen LogP contribution >= 0.6 is 11.6 Å². The number of aryl methyl sites for hydroxylation is 2. The van der Waals surface area contributed by atoms with Crippen LogP contribution in [0.25, 0.3) is 0 Å². The van der Waals surface area contributed by atoms with Gasteiger partial charge in [-0.05, 0) is 73.4 Å². The van der Waals surface area contributed by atoms with E-state index in [1.165, 1.54) is 22.3 Å². The molecule has 0 radical (unpaired) electrons. The van der Waals surface area contributed by atoms with Gasteiger partial charge in [-0.25, -0.2) is 0 Å². The second-order valence-electron chi connectivity index (χ2n) is 8.17. The van der Waals surface area contributed by atoms with Gasteiger partial charge in [0.05, 0.1) is 5.92 Å². The Morgan fingerprint density at radius 3 is 2.50 bits per heavy atom. The van der Waals surface area contributed by atoms with Crippen molar-refractivity contribution in [1.29, 1.82) is 0 Å². The monoisotopic (exact) mass is 399 g/mol. The third-order valence-electron chi connectivity index (χ3n) is 6.23. The van der Waals surface area contributed by atoms with Crippen LogP contribution in [-0.2, 0) is 11.2 Å². The van der Waals surface area contributed by atoms with Crippen LogP contribution < -0.4 is 0 Å². The van der Waals surface area contributed by atoms with E-state index < -0.39 is 5.97 Å². The fourth-order valence-electron chi connectivity index (χ4n) is 4.15. The molecule has 0 spiro atoms. The first kappa shape index (κ1) is 20.9. The normalized spacial score (nSPS) is 17.2. The maximum atomic E-state index is 11.1. The summed E-state index contributed by atoms with van der Waals surface area (Å²) >= 11 is 6.20. The van der Waals surface area contributed by atoms with Crippen LogP contribution in [-0.4, -0.2) is 29.1 Å². The Bertz CT molecular complexity index is 858. The van der Waals surface area contributed by atoms with Crippen molar-refractivity contribution in [2.45, 2.75) is 52.5 Å². The Kier molecular flexibility index (Phi) is 6.47. The lowest BCUT2D eigenvalue weighted by atomic mass is 9.87. The summed E-state index contributed by atoms with van der Waals surface area (Å²) < 4.78 is 0. The summed E-state index contributed by atoms with van der Waals surface area (Å²) in [5.74, 6) is -0.441. The number of carboxylic acid groups (broad SMARTS) is 1. The maximum Gasteiger partial charge on any atom is 0.309 e. The van der Waals surface area contributed by atoms with Crippen molar-refractivity contribution in [3.05, 3.63) is 69.2 Å². The maximum absolute atomic E-state index is 11.1. The third-order valence-corrected chi connectivity index (χ3v) is 6.65. The van der Waals surface area contributed by atoms with Gasteiger partial charge in [-0.15, -0.1) is 0 Å². The molecule has 2 unspecified atom stereocenters. The molecular weight excluding hydrogens is 370 g/mol. The van der Waals surface area contributed by atoms with Crippen molar-refractivity contribution >= 4 is 17.6 Å². The van der Waals surface area contributed by atoms with E-state index in [2.05, 4.69) is 62.9 Å². The molecule has 0 amide bonds. The van der Waals surface area contributed by atoms with Crippen LogP contribution in [0.5, 0.6) is 0 Å². The molecule has 0 aliphatic carbocycles. The van der Waals surface area contributed by atoms with Gasteiger partial charge < -0.3 is 5.11 Å². The predicted molar refractivity (Wildman–Crippen MR) is 115 cm³/mol. The number of benzene rings is 2. The molecule has 4 heteroatoms. The van der Waals surface area contributed by atoms with Crippen LogP contribution in [0.2, 0.25) is 5.02 Å². The highest BCUT2D eigenvalue weighted by Gasteiger charge is 2.35. The Morgan fingerprint density at radius 1 is 1.18 bits per heavy atom. The van der Waals surface area contributed by atoms with Crippen LogP contribution in [0.15, 0.2) is 36.4 Å². The second-order valence-corrected chi connectivity index (χ2v) is 8.58. The first-order valence-electron chi connectivity index (χ1n) is 10.1. The molecule has 150 valence electrons. The zero-order chi connectivity index (χ0) is 20.4. The van der Waals surface area contributed by atoms with Crippen molar-refractivity contribution in [2.75, 3.05) is 13.1 Å². The highest BCUT2D eigenvalue weighted by molar-refractivity contribution is 6.31. The lowest BCUT2D eigenvalue weighted by Crippen LogP contribution is -2.51. The van der Waals surface area contributed by atoms with Crippen LogP contribution in [0.1, 0.15) is 60.0 Å². The van der Waals surface area contributed by atoms with Crippen molar-refractivity contribution in [3.63, 3.8) is 0 Å². The zero-order valence-electron chi connectivity index (χ0n) is 17.2. The van der Waals surface area contributed by atoms with Crippen LogP contribution in [0, 0.1) is 19.8 Å². The minimum atomic E-state index is -0.682. The minimum Gasteiger partial charge on any atom is -0.481 e. The molecule has 2 atom stereocenters. The van der Waals surface area contributed by atoms with Gasteiger partial charge in [0.25, 0.3) is 0 Å². The average molecular weight is 400 g/mol. The van der Waals surface area contributed by atoms with Gasteiger partial charge >= 0.3 is 5.97 Å². The molecule has 1 fully saturated rings. The molecule has 3 rings (SSSR count). The summed E-state index contributed by atoms with van der Waals surface area (Å²) in [6.45, 7) is 9.90. The molecule has 1 aliphatic heterocycles. The lowest BCUT2D eigenvalue weighted by Gasteiger charge is -2.41. The van der Waals surface area contributed by atoms with Crippen molar-refractivity contribution in [1.82, 2.24) is 4.90 Å². The largest absolute Gasteiger partial charge is 0.481 e. The molecule has 3 nitrogen and oxygen atoms in total. The van der Waals surface area contributed by atoms with Crippen molar-refractivity contribution in [3.8, 4) is 0 Å². The van der Waals surface area contributed by atoms with E-state index in [-0.39, 0.29) is 12.0 Å². The van der Waals surface area contributed by atoms with Gasteiger partial charge in [-0.2, -0.15) is 0 Å². The number of likely N-dealkylation sites (tertiary alicyclic amines) is 1. The van der Waals surface area contributed by atoms with E-state index >= 15 is 0 Å². The van der Waals surface area contributed by atoms with Gasteiger partial charge in [0, 0.05) is 24.2 Å². The smallest absolute Gasteiger partial charge is 0.309 e. The molecule has 0 aromatic heterocycles. The highest BCUT2D eigenvalue weighted by Crippen LogP contribution is 2.33. The van der Waals surface area contributed by atoms with Gasteiger partial charge in [-0.3, -0.25) is 9.69 Å². The van der Waals surface area contributed by atoms with Gasteiger partial charge in [0.1, 0.15) is 0 Å². The Hall–Kier alpha value is -1.84. The molecule has 1 N–H and O–H groups in total. The summed E-state index contributed by atoms with van der Waals surface area (Å²) in [6.07, 6.45) is 2.07. The van der Waals surface area contributed by atoms with E-state index in [1.807, 2.05) is 6.07 Å². The SMILES string of the molecule is CCC(Cc1ccc(C)c(C(C)N2CC(C(=O)O)C2)c1)c1ccc(Cl)c(C)c1. The average Bonchev–Trinajstić information content (AvgIpc) is 2.61. The van der Waals surface area contributed by atoms with E-state index in [9.17, 15) is 4.79 Å². The molecule has 1 saturated heterocycles. The molecule has 1 heterocycles. The molecule has 1 aliphatic rings. The number of carbonyl (C=O) groups is 1. The molecule has 0 saturated carbocycles. The van der Waals surface area contributed by atoms with E-state index in [0.717, 1.165) is 23.4 Å². The van der Waals surface area contributed by atoms with Crippen LogP contribution in [0.3, 0.4) is 0 Å². The topological polar surface area (TPSA) is 40.5 Å². The Labute approximate surface area is 173 Å².